The van der Waals surface area contributed by atoms with E-state index >= 15 is 0 Å². The molecule has 5 rings (SSSR count). The number of fused-ring (bicyclic) bond motifs is 1. The quantitative estimate of drug-likeness (QED) is 0.695. The number of rotatable bonds is 4. The van der Waals surface area contributed by atoms with Crippen LogP contribution in [0.4, 0.5) is 10.5 Å². The molecule has 1 atom stereocenters. The molecule has 32 heavy (non-hydrogen) atoms. The Morgan fingerprint density at radius 1 is 1.12 bits per heavy atom. The van der Waals surface area contributed by atoms with Gasteiger partial charge in [0, 0.05) is 28.9 Å². The molecular formula is C25H34N4O3. The summed E-state index contributed by atoms with van der Waals surface area (Å²) in [5.74, 6) is 0.927. The molecule has 172 valence electrons. The van der Waals surface area contributed by atoms with Crippen molar-refractivity contribution in [3.8, 4) is 16.9 Å². The topological polar surface area (TPSA) is 59.8 Å². The zero-order valence-electron chi connectivity index (χ0n) is 19.4. The lowest BCUT2D eigenvalue weighted by atomic mass is 9.91. The van der Waals surface area contributed by atoms with Crippen molar-refractivity contribution in [2.75, 3.05) is 32.1 Å². The first-order chi connectivity index (χ1) is 15.5. The van der Waals surface area contributed by atoms with E-state index in [9.17, 15) is 4.79 Å². The van der Waals surface area contributed by atoms with Crippen LogP contribution in [0, 0.1) is 0 Å². The minimum absolute atomic E-state index is 0.101. The summed E-state index contributed by atoms with van der Waals surface area (Å²) >= 11 is 0. The smallest absolute Gasteiger partial charge is 0.414 e. The van der Waals surface area contributed by atoms with Crippen molar-refractivity contribution in [1.29, 1.82) is 0 Å². The molecule has 1 aliphatic carbocycles. The SMILES string of the molecule is COC(=O)N1c2ccc(-c3cnn(C4CCN(C)CC4)c3)c(OC3CCC3)c2CC[C@@H]1C. The second-order valence-corrected chi connectivity index (χ2v) is 9.58. The largest absolute Gasteiger partial charge is 0.489 e. The summed E-state index contributed by atoms with van der Waals surface area (Å²) in [5.41, 5.74) is 4.19. The zero-order chi connectivity index (χ0) is 22.2. The Hall–Kier alpha value is -2.54. The highest BCUT2D eigenvalue weighted by atomic mass is 16.5. The maximum absolute atomic E-state index is 12.5. The number of piperidine rings is 1. The van der Waals surface area contributed by atoms with Crippen LogP contribution in [-0.4, -0.2) is 60.2 Å². The van der Waals surface area contributed by atoms with Gasteiger partial charge in [-0.3, -0.25) is 9.58 Å². The van der Waals surface area contributed by atoms with E-state index in [1.165, 1.54) is 13.5 Å². The maximum atomic E-state index is 12.5. The first-order valence-electron chi connectivity index (χ1n) is 12.0. The van der Waals surface area contributed by atoms with Gasteiger partial charge in [0.1, 0.15) is 5.75 Å². The van der Waals surface area contributed by atoms with Gasteiger partial charge in [-0.2, -0.15) is 5.10 Å². The maximum Gasteiger partial charge on any atom is 0.414 e. The molecule has 1 saturated heterocycles. The summed E-state index contributed by atoms with van der Waals surface area (Å²) < 4.78 is 13.8. The van der Waals surface area contributed by atoms with Crippen LogP contribution >= 0.6 is 0 Å². The van der Waals surface area contributed by atoms with Gasteiger partial charge in [0.05, 0.1) is 31.1 Å². The molecule has 0 bridgehead atoms. The molecule has 0 N–H and O–H groups in total. The van der Waals surface area contributed by atoms with Crippen LogP contribution in [0.5, 0.6) is 5.75 Å². The summed E-state index contributed by atoms with van der Waals surface area (Å²) in [6.07, 6.45) is 11.5. The molecule has 1 aromatic heterocycles. The first-order valence-corrected chi connectivity index (χ1v) is 12.0. The Morgan fingerprint density at radius 2 is 1.91 bits per heavy atom. The molecule has 0 radical (unpaired) electrons. The van der Waals surface area contributed by atoms with E-state index in [0.717, 1.165) is 79.7 Å². The van der Waals surface area contributed by atoms with Crippen molar-refractivity contribution < 1.29 is 14.3 Å². The lowest BCUT2D eigenvalue weighted by Crippen LogP contribution is -2.42. The van der Waals surface area contributed by atoms with Gasteiger partial charge >= 0.3 is 6.09 Å². The fourth-order valence-corrected chi connectivity index (χ4v) is 5.13. The molecule has 3 aliphatic rings. The molecule has 1 aromatic carbocycles. The van der Waals surface area contributed by atoms with E-state index in [0.29, 0.717) is 6.04 Å². The van der Waals surface area contributed by atoms with E-state index in [2.05, 4.69) is 41.9 Å². The van der Waals surface area contributed by atoms with Gasteiger partial charge in [0.15, 0.2) is 0 Å². The minimum Gasteiger partial charge on any atom is -0.489 e. The molecular weight excluding hydrogens is 404 g/mol. The molecule has 7 heteroatoms. The normalized spacial score (nSPS) is 22.3. The van der Waals surface area contributed by atoms with E-state index in [4.69, 9.17) is 14.6 Å². The van der Waals surface area contributed by atoms with Crippen LogP contribution in [0.25, 0.3) is 11.1 Å². The number of carbonyl (C=O) groups is 1. The van der Waals surface area contributed by atoms with Crippen molar-refractivity contribution in [2.45, 2.75) is 70.1 Å². The first kappa shape index (κ1) is 21.3. The molecule has 1 saturated carbocycles. The van der Waals surface area contributed by atoms with E-state index in [1.807, 2.05) is 6.20 Å². The van der Waals surface area contributed by atoms with Gasteiger partial charge in [-0.05, 0) is 84.1 Å². The Bertz CT molecular complexity index is 976. The van der Waals surface area contributed by atoms with Crippen molar-refractivity contribution in [3.63, 3.8) is 0 Å². The van der Waals surface area contributed by atoms with Crippen LogP contribution in [0.2, 0.25) is 0 Å². The number of nitrogens with zero attached hydrogens (tertiary/aromatic N) is 4. The number of hydrogen-bond acceptors (Lipinski definition) is 5. The molecule has 0 unspecified atom stereocenters. The number of ether oxygens (including phenoxy) is 2. The Balaban J connectivity index is 1.52. The second kappa shape index (κ2) is 8.77. The fourth-order valence-electron chi connectivity index (χ4n) is 5.13. The van der Waals surface area contributed by atoms with Gasteiger partial charge in [-0.1, -0.05) is 0 Å². The zero-order valence-corrected chi connectivity index (χ0v) is 19.4. The molecule has 0 spiro atoms. The number of carbonyl (C=O) groups excluding carboxylic acids is 1. The van der Waals surface area contributed by atoms with E-state index in [-0.39, 0.29) is 18.2 Å². The lowest BCUT2D eigenvalue weighted by Gasteiger charge is -2.37. The third-order valence-electron chi connectivity index (χ3n) is 7.43. The standard InChI is InChI=1S/C25H34N4O3/c1-17-7-8-22-23(29(17)25(30)31-3)10-9-21(24(22)32-20-5-4-6-20)18-15-26-28(16-18)19-11-13-27(2)14-12-19/h9-10,15-17,19-20H,4-8,11-14H2,1-3H3/t17-/m0/s1. The lowest BCUT2D eigenvalue weighted by molar-refractivity contribution is 0.119. The van der Waals surface area contributed by atoms with Gasteiger partial charge < -0.3 is 14.4 Å². The Labute approximate surface area is 190 Å². The molecule has 2 aliphatic heterocycles. The third kappa shape index (κ3) is 3.87. The monoisotopic (exact) mass is 438 g/mol. The highest BCUT2D eigenvalue weighted by molar-refractivity contribution is 5.92. The molecule has 2 aromatic rings. The van der Waals surface area contributed by atoms with Crippen LogP contribution in [0.15, 0.2) is 24.5 Å². The Morgan fingerprint density at radius 3 is 2.59 bits per heavy atom. The Kier molecular flexibility index (Phi) is 5.84. The van der Waals surface area contributed by atoms with Gasteiger partial charge in [0.25, 0.3) is 0 Å². The van der Waals surface area contributed by atoms with Crippen molar-refractivity contribution in [1.82, 2.24) is 14.7 Å². The molecule has 3 heterocycles. The van der Waals surface area contributed by atoms with Crippen molar-refractivity contribution in [2.24, 2.45) is 0 Å². The highest BCUT2D eigenvalue weighted by Crippen LogP contribution is 2.45. The van der Waals surface area contributed by atoms with Gasteiger partial charge in [-0.25, -0.2) is 4.79 Å². The fraction of sp³-hybridized carbons (Fsp3) is 0.600. The number of hydrogen-bond donors (Lipinski definition) is 0. The van der Waals surface area contributed by atoms with Crippen molar-refractivity contribution >= 4 is 11.8 Å². The summed E-state index contributed by atoms with van der Waals surface area (Å²) in [7, 11) is 3.63. The minimum atomic E-state index is -0.309. The predicted octanol–water partition coefficient (Wildman–Crippen LogP) is 4.66. The summed E-state index contributed by atoms with van der Waals surface area (Å²) in [4.78, 5) is 16.7. The van der Waals surface area contributed by atoms with Gasteiger partial charge in [-0.15, -0.1) is 0 Å². The number of anilines is 1. The van der Waals surface area contributed by atoms with Crippen molar-refractivity contribution in [3.05, 3.63) is 30.1 Å². The molecule has 2 fully saturated rings. The molecule has 7 nitrogen and oxygen atoms in total. The predicted molar refractivity (Wildman–Crippen MR) is 124 cm³/mol. The third-order valence-corrected chi connectivity index (χ3v) is 7.43. The van der Waals surface area contributed by atoms with Gasteiger partial charge in [0.2, 0.25) is 0 Å². The number of methoxy groups -OCH3 is 1. The van der Waals surface area contributed by atoms with Crippen LogP contribution in [-0.2, 0) is 11.2 Å². The van der Waals surface area contributed by atoms with E-state index in [1.54, 1.807) is 4.90 Å². The van der Waals surface area contributed by atoms with Crippen LogP contribution < -0.4 is 9.64 Å². The van der Waals surface area contributed by atoms with E-state index < -0.39 is 0 Å². The number of amides is 1. The second-order valence-electron chi connectivity index (χ2n) is 9.58. The summed E-state index contributed by atoms with van der Waals surface area (Å²) in [6, 6.07) is 4.70. The summed E-state index contributed by atoms with van der Waals surface area (Å²) in [6.45, 7) is 4.29. The number of likely N-dealkylation sites (tertiary alicyclic amines) is 1. The number of aromatic nitrogens is 2. The molecule has 1 amide bonds. The average molecular weight is 439 g/mol. The van der Waals surface area contributed by atoms with Crippen LogP contribution in [0.3, 0.4) is 0 Å². The summed E-state index contributed by atoms with van der Waals surface area (Å²) in [5, 5.41) is 4.73. The highest BCUT2D eigenvalue weighted by Gasteiger charge is 2.33. The average Bonchev–Trinajstić information content (AvgIpc) is 3.26. The van der Waals surface area contributed by atoms with Crippen LogP contribution in [0.1, 0.15) is 57.1 Å². The number of benzene rings is 1.